The molecule has 86 valence electrons. The van der Waals surface area contributed by atoms with Crippen LogP contribution in [0.5, 0.6) is 0 Å². The van der Waals surface area contributed by atoms with Gasteiger partial charge in [-0.25, -0.2) is 13.1 Å². The molecule has 14 heavy (non-hydrogen) atoms. The van der Waals surface area contributed by atoms with Crippen molar-refractivity contribution in [2.75, 3.05) is 13.2 Å². The van der Waals surface area contributed by atoms with E-state index >= 15 is 0 Å². The Balaban J connectivity index is 4.85. The van der Waals surface area contributed by atoms with Crippen LogP contribution in [0.25, 0.3) is 0 Å². The van der Waals surface area contributed by atoms with Gasteiger partial charge in [0, 0.05) is 0 Å². The fourth-order valence-electron chi connectivity index (χ4n) is 0.592. The summed E-state index contributed by atoms with van der Waals surface area (Å²) in [7, 11) is -3.55. The third-order valence-electron chi connectivity index (χ3n) is 1.88. The van der Waals surface area contributed by atoms with E-state index in [2.05, 4.69) is 4.72 Å². The predicted octanol–water partition coefficient (Wildman–Crippen LogP) is -0.552. The highest BCUT2D eigenvalue weighted by molar-refractivity contribution is 7.90. The van der Waals surface area contributed by atoms with Gasteiger partial charge in [-0.2, -0.15) is 0 Å². The van der Waals surface area contributed by atoms with Crippen LogP contribution in [0, 0.1) is 0 Å². The summed E-state index contributed by atoms with van der Waals surface area (Å²) in [5, 5.41) is 17.9. The summed E-state index contributed by atoms with van der Waals surface area (Å²) in [6, 6.07) is 0. The minimum atomic E-state index is -3.55. The molecular formula is C8H19NO4S. The molecule has 0 unspecified atom stereocenters. The molecule has 3 N–H and O–H groups in total. The molecule has 0 rings (SSSR count). The number of hydrogen-bond acceptors (Lipinski definition) is 4. The van der Waals surface area contributed by atoms with E-state index in [0.717, 1.165) is 0 Å². The van der Waals surface area contributed by atoms with Gasteiger partial charge in [0.1, 0.15) is 0 Å². The number of rotatable bonds is 4. The molecule has 0 heterocycles. The lowest BCUT2D eigenvalue weighted by molar-refractivity contribution is 0.121. The Morgan fingerprint density at radius 2 is 1.43 bits per heavy atom. The van der Waals surface area contributed by atoms with E-state index in [1.807, 2.05) is 0 Å². The Bertz CT molecular complexity index is 274. The SMILES string of the molecule is CC(CO)(CO)NS(=O)(=O)C(C)(C)C. The summed E-state index contributed by atoms with van der Waals surface area (Å²) in [6.07, 6.45) is 0. The first kappa shape index (κ1) is 13.8. The van der Waals surface area contributed by atoms with Crippen LogP contribution in [0.4, 0.5) is 0 Å². The highest BCUT2D eigenvalue weighted by atomic mass is 32.2. The van der Waals surface area contributed by atoms with Crippen molar-refractivity contribution in [3.63, 3.8) is 0 Å². The van der Waals surface area contributed by atoms with Gasteiger partial charge in [-0.05, 0) is 27.7 Å². The van der Waals surface area contributed by atoms with Crippen LogP contribution in [-0.4, -0.2) is 42.1 Å². The lowest BCUT2D eigenvalue weighted by atomic mass is 10.1. The summed E-state index contributed by atoms with van der Waals surface area (Å²) in [6.45, 7) is 5.19. The zero-order chi connectivity index (χ0) is 11.6. The number of aliphatic hydroxyl groups excluding tert-OH is 2. The first-order valence-electron chi connectivity index (χ1n) is 4.33. The second kappa shape index (κ2) is 4.14. The predicted molar refractivity (Wildman–Crippen MR) is 54.4 cm³/mol. The first-order valence-corrected chi connectivity index (χ1v) is 5.81. The van der Waals surface area contributed by atoms with Crippen LogP contribution in [0.1, 0.15) is 27.7 Å². The van der Waals surface area contributed by atoms with Gasteiger partial charge in [0.2, 0.25) is 10.0 Å². The average molecular weight is 225 g/mol. The molecule has 0 aliphatic rings. The maximum atomic E-state index is 11.7. The van der Waals surface area contributed by atoms with E-state index in [4.69, 9.17) is 10.2 Å². The molecule has 0 saturated heterocycles. The summed E-state index contributed by atoms with van der Waals surface area (Å²) in [5.74, 6) is 0. The molecule has 0 spiro atoms. The number of nitrogens with one attached hydrogen (secondary N) is 1. The minimum absolute atomic E-state index is 0.446. The van der Waals surface area contributed by atoms with E-state index in [1.54, 1.807) is 20.8 Å². The van der Waals surface area contributed by atoms with E-state index in [0.29, 0.717) is 0 Å². The van der Waals surface area contributed by atoms with Gasteiger partial charge in [-0.1, -0.05) is 0 Å². The van der Waals surface area contributed by atoms with E-state index in [1.165, 1.54) is 6.92 Å². The maximum absolute atomic E-state index is 11.7. The molecule has 6 heteroatoms. The van der Waals surface area contributed by atoms with Crippen molar-refractivity contribution in [2.45, 2.75) is 38.0 Å². The molecule has 0 radical (unpaired) electrons. The quantitative estimate of drug-likeness (QED) is 0.599. The highest BCUT2D eigenvalue weighted by Gasteiger charge is 2.36. The average Bonchev–Trinajstić information content (AvgIpc) is 2.01. The Kier molecular flexibility index (Phi) is 4.09. The molecule has 0 aromatic rings. The number of aliphatic hydroxyl groups is 2. The molecule has 0 fully saturated rings. The fraction of sp³-hybridized carbons (Fsp3) is 1.00. The normalized spacial score (nSPS) is 14.4. The van der Waals surface area contributed by atoms with Crippen molar-refractivity contribution in [2.24, 2.45) is 0 Å². The Morgan fingerprint density at radius 3 is 1.64 bits per heavy atom. The van der Waals surface area contributed by atoms with Gasteiger partial charge in [-0.15, -0.1) is 0 Å². The van der Waals surface area contributed by atoms with Crippen molar-refractivity contribution in [1.82, 2.24) is 4.72 Å². The molecule has 0 aliphatic heterocycles. The zero-order valence-electron chi connectivity index (χ0n) is 9.03. The van der Waals surface area contributed by atoms with Crippen LogP contribution >= 0.6 is 0 Å². The molecule has 0 aromatic heterocycles. The summed E-state index contributed by atoms with van der Waals surface area (Å²) < 4.78 is 24.6. The molecule has 5 nitrogen and oxygen atoms in total. The molecular weight excluding hydrogens is 206 g/mol. The molecule has 0 bridgehead atoms. The summed E-state index contributed by atoms with van der Waals surface area (Å²) in [4.78, 5) is 0. The van der Waals surface area contributed by atoms with Crippen molar-refractivity contribution < 1.29 is 18.6 Å². The minimum Gasteiger partial charge on any atom is -0.394 e. The molecule has 0 amide bonds. The monoisotopic (exact) mass is 225 g/mol. The van der Waals surface area contributed by atoms with Crippen molar-refractivity contribution in [3.8, 4) is 0 Å². The van der Waals surface area contributed by atoms with Crippen LogP contribution in [0.2, 0.25) is 0 Å². The highest BCUT2D eigenvalue weighted by Crippen LogP contribution is 2.16. The largest absolute Gasteiger partial charge is 0.394 e. The van der Waals surface area contributed by atoms with Crippen LogP contribution in [-0.2, 0) is 10.0 Å². The number of sulfonamides is 1. The van der Waals surface area contributed by atoms with Gasteiger partial charge >= 0.3 is 0 Å². The van der Waals surface area contributed by atoms with Gasteiger partial charge in [0.15, 0.2) is 0 Å². The topological polar surface area (TPSA) is 86.6 Å². The van der Waals surface area contributed by atoms with Crippen molar-refractivity contribution in [3.05, 3.63) is 0 Å². The van der Waals surface area contributed by atoms with Gasteiger partial charge in [-0.3, -0.25) is 0 Å². The Labute approximate surface area is 85.2 Å². The van der Waals surface area contributed by atoms with Crippen molar-refractivity contribution >= 4 is 10.0 Å². The van der Waals surface area contributed by atoms with E-state index < -0.39 is 33.5 Å². The molecule has 0 saturated carbocycles. The second-order valence-corrected chi connectivity index (χ2v) is 7.03. The van der Waals surface area contributed by atoms with Crippen molar-refractivity contribution in [1.29, 1.82) is 0 Å². The molecule has 0 aromatic carbocycles. The van der Waals surface area contributed by atoms with Gasteiger partial charge in [0.25, 0.3) is 0 Å². The lowest BCUT2D eigenvalue weighted by Gasteiger charge is -2.30. The Hall–Kier alpha value is -0.170. The standard InChI is InChI=1S/C8H19NO4S/c1-7(2,3)14(12,13)9-8(4,5-10)6-11/h9-11H,5-6H2,1-4H3. The van der Waals surface area contributed by atoms with Crippen LogP contribution in [0.15, 0.2) is 0 Å². The zero-order valence-corrected chi connectivity index (χ0v) is 9.85. The van der Waals surface area contributed by atoms with Gasteiger partial charge in [0.05, 0.1) is 23.5 Å². The second-order valence-electron chi connectivity index (χ2n) is 4.59. The fourth-order valence-corrected chi connectivity index (χ4v) is 1.68. The van der Waals surface area contributed by atoms with Crippen LogP contribution in [0.3, 0.4) is 0 Å². The van der Waals surface area contributed by atoms with Gasteiger partial charge < -0.3 is 10.2 Å². The summed E-state index contributed by atoms with van der Waals surface area (Å²) in [5.41, 5.74) is -1.20. The Morgan fingerprint density at radius 1 is 1.07 bits per heavy atom. The van der Waals surface area contributed by atoms with Crippen LogP contribution < -0.4 is 4.72 Å². The smallest absolute Gasteiger partial charge is 0.217 e. The summed E-state index contributed by atoms with van der Waals surface area (Å²) >= 11 is 0. The number of hydrogen-bond donors (Lipinski definition) is 3. The third-order valence-corrected chi connectivity index (χ3v) is 4.26. The maximum Gasteiger partial charge on any atom is 0.217 e. The molecule has 0 aliphatic carbocycles. The third kappa shape index (κ3) is 3.20. The lowest BCUT2D eigenvalue weighted by Crippen LogP contribution is -2.55. The van der Waals surface area contributed by atoms with E-state index in [-0.39, 0.29) is 0 Å². The molecule has 0 atom stereocenters. The first-order chi connectivity index (χ1) is 6.08. The van der Waals surface area contributed by atoms with E-state index in [9.17, 15) is 8.42 Å².